The molecule has 8 heteroatoms. The SMILES string of the molecule is CC(C)C[C@@H](C(=O)N[C@H]1Cc2ccccc2CNC1=O)[C@@H](CN1CCc2ccccc2C1)C(=O)NO. The van der Waals surface area contributed by atoms with E-state index in [1.165, 1.54) is 11.1 Å². The number of benzene rings is 2. The molecule has 0 unspecified atom stereocenters. The van der Waals surface area contributed by atoms with E-state index in [0.717, 1.165) is 24.1 Å². The second-order valence-corrected chi connectivity index (χ2v) is 10.3. The second-order valence-electron chi connectivity index (χ2n) is 10.3. The molecular weight excluding hydrogens is 456 g/mol. The molecule has 3 atom stereocenters. The predicted octanol–water partition coefficient (Wildman–Crippen LogP) is 2.19. The summed E-state index contributed by atoms with van der Waals surface area (Å²) in [7, 11) is 0. The van der Waals surface area contributed by atoms with E-state index in [-0.39, 0.29) is 17.7 Å². The largest absolute Gasteiger partial charge is 0.350 e. The molecular formula is C28H36N4O4. The number of fused-ring (bicyclic) bond motifs is 2. The highest BCUT2D eigenvalue weighted by atomic mass is 16.5. The minimum atomic E-state index is -0.760. The number of hydrogen-bond donors (Lipinski definition) is 4. The topological polar surface area (TPSA) is 111 Å². The molecule has 0 spiro atoms. The summed E-state index contributed by atoms with van der Waals surface area (Å²) in [5.74, 6) is -2.47. The Morgan fingerprint density at radius 1 is 1.00 bits per heavy atom. The normalized spacial score (nSPS) is 19.3. The molecule has 4 N–H and O–H groups in total. The molecule has 0 saturated heterocycles. The van der Waals surface area contributed by atoms with Crippen LogP contribution in [0.15, 0.2) is 48.5 Å². The molecule has 2 aromatic rings. The number of rotatable bonds is 8. The van der Waals surface area contributed by atoms with Crippen molar-refractivity contribution in [1.82, 2.24) is 21.0 Å². The summed E-state index contributed by atoms with van der Waals surface area (Å²) in [6, 6.07) is 15.3. The third-order valence-corrected chi connectivity index (χ3v) is 7.29. The fraction of sp³-hybridized carbons (Fsp3) is 0.464. The van der Waals surface area contributed by atoms with Crippen LogP contribution in [-0.4, -0.2) is 47.0 Å². The molecule has 0 fully saturated rings. The van der Waals surface area contributed by atoms with E-state index in [1.807, 2.05) is 50.2 Å². The first-order valence-corrected chi connectivity index (χ1v) is 12.7. The van der Waals surface area contributed by atoms with Gasteiger partial charge in [-0.25, -0.2) is 5.48 Å². The fourth-order valence-electron chi connectivity index (χ4n) is 5.37. The van der Waals surface area contributed by atoms with Crippen LogP contribution in [-0.2, 0) is 40.3 Å². The summed E-state index contributed by atoms with van der Waals surface area (Å²) in [6.45, 7) is 6.21. The van der Waals surface area contributed by atoms with E-state index in [9.17, 15) is 19.6 Å². The summed E-state index contributed by atoms with van der Waals surface area (Å²) in [6.07, 6.45) is 1.72. The zero-order chi connectivity index (χ0) is 25.7. The van der Waals surface area contributed by atoms with Crippen LogP contribution in [0.5, 0.6) is 0 Å². The fourth-order valence-corrected chi connectivity index (χ4v) is 5.37. The molecule has 192 valence electrons. The molecule has 4 rings (SSSR count). The Balaban J connectivity index is 1.53. The lowest BCUT2D eigenvalue weighted by atomic mass is 9.83. The molecule has 2 heterocycles. The van der Waals surface area contributed by atoms with Crippen LogP contribution in [0.25, 0.3) is 0 Å². The molecule has 0 aliphatic carbocycles. The van der Waals surface area contributed by atoms with Gasteiger partial charge in [0.15, 0.2) is 0 Å². The van der Waals surface area contributed by atoms with Gasteiger partial charge in [-0.2, -0.15) is 0 Å². The maximum atomic E-state index is 13.6. The van der Waals surface area contributed by atoms with Crippen molar-refractivity contribution in [2.45, 2.75) is 52.2 Å². The quantitative estimate of drug-likeness (QED) is 0.334. The van der Waals surface area contributed by atoms with E-state index < -0.39 is 23.8 Å². The van der Waals surface area contributed by atoms with Crippen molar-refractivity contribution < 1.29 is 19.6 Å². The molecule has 8 nitrogen and oxygen atoms in total. The van der Waals surface area contributed by atoms with Gasteiger partial charge in [0.1, 0.15) is 6.04 Å². The van der Waals surface area contributed by atoms with Gasteiger partial charge >= 0.3 is 0 Å². The average Bonchev–Trinajstić information content (AvgIpc) is 3.03. The molecule has 2 aliphatic heterocycles. The van der Waals surface area contributed by atoms with Crippen molar-refractivity contribution in [3.63, 3.8) is 0 Å². The number of hydroxylamine groups is 1. The molecule has 3 amide bonds. The number of nitrogens with zero attached hydrogens (tertiary/aromatic N) is 1. The van der Waals surface area contributed by atoms with Crippen LogP contribution in [0, 0.1) is 17.8 Å². The number of nitrogens with one attached hydrogen (secondary N) is 3. The lowest BCUT2D eigenvalue weighted by molar-refractivity contribution is -0.142. The second kappa shape index (κ2) is 11.7. The van der Waals surface area contributed by atoms with Crippen LogP contribution in [0.4, 0.5) is 0 Å². The van der Waals surface area contributed by atoms with Crippen molar-refractivity contribution in [3.8, 4) is 0 Å². The van der Waals surface area contributed by atoms with Crippen molar-refractivity contribution in [2.75, 3.05) is 13.1 Å². The maximum absolute atomic E-state index is 13.6. The van der Waals surface area contributed by atoms with Crippen molar-refractivity contribution >= 4 is 17.7 Å². The van der Waals surface area contributed by atoms with Crippen LogP contribution in [0.1, 0.15) is 42.5 Å². The highest BCUT2D eigenvalue weighted by Gasteiger charge is 2.38. The van der Waals surface area contributed by atoms with Crippen molar-refractivity contribution in [3.05, 3.63) is 70.8 Å². The highest BCUT2D eigenvalue weighted by Crippen LogP contribution is 2.26. The van der Waals surface area contributed by atoms with Gasteiger partial charge in [0.25, 0.3) is 0 Å². The predicted molar refractivity (Wildman–Crippen MR) is 136 cm³/mol. The van der Waals surface area contributed by atoms with Gasteiger partial charge in [-0.3, -0.25) is 24.5 Å². The monoisotopic (exact) mass is 492 g/mol. The Morgan fingerprint density at radius 2 is 1.67 bits per heavy atom. The molecule has 2 aliphatic rings. The first-order valence-electron chi connectivity index (χ1n) is 12.7. The molecule has 0 radical (unpaired) electrons. The first-order chi connectivity index (χ1) is 17.4. The van der Waals surface area contributed by atoms with E-state index in [4.69, 9.17) is 0 Å². The lowest BCUT2D eigenvalue weighted by Gasteiger charge is -2.34. The van der Waals surface area contributed by atoms with Crippen molar-refractivity contribution in [2.24, 2.45) is 17.8 Å². The Bertz CT molecular complexity index is 1100. The van der Waals surface area contributed by atoms with Crippen LogP contribution < -0.4 is 16.1 Å². The smallest absolute Gasteiger partial charge is 0.248 e. The maximum Gasteiger partial charge on any atom is 0.248 e. The molecule has 0 saturated carbocycles. The molecule has 2 aromatic carbocycles. The van der Waals surface area contributed by atoms with Crippen LogP contribution in [0.3, 0.4) is 0 Å². The van der Waals surface area contributed by atoms with Crippen LogP contribution >= 0.6 is 0 Å². The van der Waals surface area contributed by atoms with Gasteiger partial charge in [0, 0.05) is 32.6 Å². The minimum Gasteiger partial charge on any atom is -0.350 e. The zero-order valence-electron chi connectivity index (χ0n) is 21.0. The van der Waals surface area contributed by atoms with E-state index in [2.05, 4.69) is 27.7 Å². The van der Waals surface area contributed by atoms with Gasteiger partial charge in [0.2, 0.25) is 17.7 Å². The van der Waals surface area contributed by atoms with Gasteiger partial charge < -0.3 is 10.6 Å². The summed E-state index contributed by atoms with van der Waals surface area (Å²) < 4.78 is 0. The Kier molecular flexibility index (Phi) is 8.38. The summed E-state index contributed by atoms with van der Waals surface area (Å²) in [5, 5.41) is 15.4. The van der Waals surface area contributed by atoms with E-state index in [0.29, 0.717) is 32.5 Å². The average molecular weight is 493 g/mol. The number of carbonyl (C=O) groups excluding carboxylic acids is 3. The van der Waals surface area contributed by atoms with Gasteiger partial charge in [-0.1, -0.05) is 62.4 Å². The summed E-state index contributed by atoms with van der Waals surface area (Å²) >= 11 is 0. The first kappa shape index (κ1) is 25.9. The Morgan fingerprint density at radius 3 is 2.36 bits per heavy atom. The van der Waals surface area contributed by atoms with Gasteiger partial charge in [-0.05, 0) is 41.0 Å². The summed E-state index contributed by atoms with van der Waals surface area (Å²) in [5.41, 5.74) is 6.35. The number of carbonyl (C=O) groups is 3. The molecule has 0 aromatic heterocycles. The number of amides is 3. The standard InChI is InChI=1S/C28H36N4O4/c1-18(2)13-23(26(33)30-25-14-20-8-4-5-9-21(20)15-29-28(25)35)24(27(34)31-36)17-32-12-11-19-7-3-6-10-22(19)16-32/h3-10,18,23-25,36H,11-17H2,1-2H3,(H,29,35)(H,30,33)(H,31,34)/t23-,24-,25+/m1/s1. The highest BCUT2D eigenvalue weighted by molar-refractivity contribution is 5.92. The van der Waals surface area contributed by atoms with E-state index >= 15 is 0 Å². The van der Waals surface area contributed by atoms with Gasteiger partial charge in [0.05, 0.1) is 11.8 Å². The van der Waals surface area contributed by atoms with Crippen molar-refractivity contribution in [1.29, 1.82) is 0 Å². The van der Waals surface area contributed by atoms with Crippen LogP contribution in [0.2, 0.25) is 0 Å². The molecule has 36 heavy (non-hydrogen) atoms. The van der Waals surface area contributed by atoms with E-state index in [1.54, 1.807) is 5.48 Å². The lowest BCUT2D eigenvalue weighted by Crippen LogP contribution is -2.52. The third kappa shape index (κ3) is 6.12. The number of hydrogen-bond acceptors (Lipinski definition) is 5. The third-order valence-electron chi connectivity index (χ3n) is 7.29. The Labute approximate surface area is 212 Å². The Hall–Kier alpha value is -3.23. The summed E-state index contributed by atoms with van der Waals surface area (Å²) in [4.78, 5) is 41.5. The zero-order valence-corrected chi connectivity index (χ0v) is 21.0. The minimum absolute atomic E-state index is 0.139. The molecule has 0 bridgehead atoms. The van der Waals surface area contributed by atoms with Gasteiger partial charge in [-0.15, -0.1) is 0 Å².